The van der Waals surface area contributed by atoms with E-state index in [1.807, 2.05) is 43.3 Å². The van der Waals surface area contributed by atoms with Crippen LogP contribution in [0.3, 0.4) is 0 Å². The van der Waals surface area contributed by atoms with Gasteiger partial charge in [-0.15, -0.1) is 0 Å². The van der Waals surface area contributed by atoms with Gasteiger partial charge in [-0.3, -0.25) is 14.2 Å². The average molecular weight is 440 g/mol. The number of thioether (sulfide) groups is 1. The van der Waals surface area contributed by atoms with Gasteiger partial charge in [-0.05, 0) is 31.0 Å². The first-order valence-electron chi connectivity index (χ1n) is 10.6. The highest BCUT2D eigenvalue weighted by atomic mass is 32.2. The second-order valence-corrected chi connectivity index (χ2v) is 8.70. The molecule has 3 rings (SSSR count). The fourth-order valence-electron chi connectivity index (χ4n) is 3.30. The first-order chi connectivity index (χ1) is 15.0. The average Bonchev–Trinajstić information content (AvgIpc) is 3.30. The Morgan fingerprint density at radius 3 is 2.68 bits per heavy atom. The summed E-state index contributed by atoms with van der Waals surface area (Å²) in [5.41, 5.74) is 2.40. The van der Waals surface area contributed by atoms with Crippen LogP contribution in [0.15, 0.2) is 63.1 Å². The van der Waals surface area contributed by atoms with Gasteiger partial charge >= 0.3 is 0 Å². The summed E-state index contributed by atoms with van der Waals surface area (Å²) in [6.07, 6.45) is 4.76. The highest BCUT2D eigenvalue weighted by Gasteiger charge is 2.23. The van der Waals surface area contributed by atoms with Crippen LogP contribution in [0, 0.1) is 6.92 Å². The summed E-state index contributed by atoms with van der Waals surface area (Å²) in [5.74, 6) is 0.634. The molecule has 0 aliphatic heterocycles. The molecule has 0 saturated carbocycles. The van der Waals surface area contributed by atoms with E-state index in [0.717, 1.165) is 18.4 Å². The lowest BCUT2D eigenvalue weighted by atomic mass is 10.1. The maximum atomic E-state index is 13.1. The summed E-state index contributed by atoms with van der Waals surface area (Å²) in [7, 11) is 1.73. The van der Waals surface area contributed by atoms with Crippen molar-refractivity contribution >= 4 is 17.7 Å². The Balaban J connectivity index is 1.78. The van der Waals surface area contributed by atoms with Gasteiger partial charge in [-0.25, -0.2) is 4.98 Å². The van der Waals surface area contributed by atoms with Gasteiger partial charge in [0.05, 0.1) is 18.1 Å². The van der Waals surface area contributed by atoms with Crippen molar-refractivity contribution in [3.8, 4) is 0 Å². The zero-order chi connectivity index (χ0) is 22.2. The van der Waals surface area contributed by atoms with Gasteiger partial charge in [-0.1, -0.05) is 61.9 Å². The SMILES string of the molecule is CCCCC(Sc1nc(C)c(Cc2ccccc2)c(=O)n1C)C(=O)NCc1ccco1. The van der Waals surface area contributed by atoms with E-state index in [1.165, 1.54) is 11.8 Å². The predicted octanol–water partition coefficient (Wildman–Crippen LogP) is 4.24. The molecule has 0 aliphatic carbocycles. The number of furan rings is 1. The van der Waals surface area contributed by atoms with Gasteiger partial charge in [0.2, 0.25) is 5.91 Å². The molecule has 0 aliphatic rings. The van der Waals surface area contributed by atoms with E-state index >= 15 is 0 Å². The first-order valence-corrected chi connectivity index (χ1v) is 11.4. The third-order valence-electron chi connectivity index (χ3n) is 5.15. The third kappa shape index (κ3) is 6.10. The number of hydrogen-bond donors (Lipinski definition) is 1. The van der Waals surface area contributed by atoms with Crippen molar-refractivity contribution in [2.45, 2.75) is 56.5 Å². The van der Waals surface area contributed by atoms with Crippen LogP contribution in [0.2, 0.25) is 0 Å². The number of aromatic nitrogens is 2. The van der Waals surface area contributed by atoms with Crippen LogP contribution < -0.4 is 10.9 Å². The molecule has 1 amide bonds. The van der Waals surface area contributed by atoms with Crippen LogP contribution in [-0.2, 0) is 24.8 Å². The van der Waals surface area contributed by atoms with E-state index in [9.17, 15) is 9.59 Å². The quantitative estimate of drug-likeness (QED) is 0.378. The lowest BCUT2D eigenvalue weighted by molar-refractivity contribution is -0.120. The molecule has 31 heavy (non-hydrogen) atoms. The Bertz CT molecular complexity index is 1050. The van der Waals surface area contributed by atoms with Gasteiger partial charge in [-0.2, -0.15) is 0 Å². The van der Waals surface area contributed by atoms with Gasteiger partial charge in [0, 0.05) is 24.7 Å². The van der Waals surface area contributed by atoms with Crippen LogP contribution in [0.1, 0.15) is 48.8 Å². The van der Waals surface area contributed by atoms with Gasteiger partial charge < -0.3 is 9.73 Å². The second kappa shape index (κ2) is 11.0. The third-order valence-corrected chi connectivity index (χ3v) is 6.46. The lowest BCUT2D eigenvalue weighted by Gasteiger charge is -2.18. The zero-order valence-electron chi connectivity index (χ0n) is 18.3. The second-order valence-electron chi connectivity index (χ2n) is 7.53. The van der Waals surface area contributed by atoms with Crippen molar-refractivity contribution in [3.63, 3.8) is 0 Å². The molecule has 1 aromatic carbocycles. The van der Waals surface area contributed by atoms with Gasteiger partial charge in [0.1, 0.15) is 5.76 Å². The van der Waals surface area contributed by atoms with Gasteiger partial charge in [0.25, 0.3) is 5.56 Å². The molecular weight excluding hydrogens is 410 g/mol. The van der Waals surface area contributed by atoms with E-state index in [4.69, 9.17) is 9.40 Å². The number of unbranched alkanes of at least 4 members (excludes halogenated alkanes) is 1. The number of amides is 1. The molecule has 7 heteroatoms. The maximum Gasteiger partial charge on any atom is 0.257 e. The molecule has 6 nitrogen and oxygen atoms in total. The summed E-state index contributed by atoms with van der Waals surface area (Å²) in [5, 5.41) is 3.18. The Morgan fingerprint density at radius 1 is 1.23 bits per heavy atom. The summed E-state index contributed by atoms with van der Waals surface area (Å²) in [4.78, 5) is 30.6. The highest BCUT2D eigenvalue weighted by Crippen LogP contribution is 2.25. The molecule has 1 unspecified atom stereocenters. The van der Waals surface area contributed by atoms with Gasteiger partial charge in [0.15, 0.2) is 5.16 Å². The number of nitrogens with zero attached hydrogens (tertiary/aromatic N) is 2. The standard InChI is InChI=1S/C24H29N3O3S/c1-4-5-13-21(22(28)25-16-19-12-9-14-30-19)31-24-26-17(2)20(23(29)27(24)3)15-18-10-7-6-8-11-18/h6-12,14,21H,4-5,13,15-16H2,1-3H3,(H,25,28). The Labute approximate surface area is 187 Å². The number of benzene rings is 1. The molecule has 3 aromatic rings. The maximum absolute atomic E-state index is 13.1. The van der Waals surface area contributed by atoms with E-state index in [1.54, 1.807) is 23.9 Å². The molecular formula is C24H29N3O3S. The van der Waals surface area contributed by atoms with Crippen molar-refractivity contribution in [3.05, 3.63) is 81.7 Å². The summed E-state index contributed by atoms with van der Waals surface area (Å²) < 4.78 is 6.86. The normalized spacial score (nSPS) is 12.0. The van der Waals surface area contributed by atoms with E-state index in [2.05, 4.69) is 12.2 Å². The lowest BCUT2D eigenvalue weighted by Crippen LogP contribution is -2.33. The van der Waals surface area contributed by atoms with Crippen LogP contribution >= 0.6 is 11.8 Å². The highest BCUT2D eigenvalue weighted by molar-refractivity contribution is 8.00. The monoisotopic (exact) mass is 439 g/mol. The fraction of sp³-hybridized carbons (Fsp3) is 0.375. The number of carbonyl (C=O) groups excluding carboxylic acids is 1. The molecule has 164 valence electrons. The molecule has 1 N–H and O–H groups in total. The first kappa shape index (κ1) is 22.9. The van der Waals surface area contributed by atoms with Crippen molar-refractivity contribution < 1.29 is 9.21 Å². The number of carbonyl (C=O) groups is 1. The predicted molar refractivity (Wildman–Crippen MR) is 123 cm³/mol. The van der Waals surface area contributed by atoms with E-state index in [0.29, 0.717) is 41.6 Å². The van der Waals surface area contributed by atoms with Crippen LogP contribution in [-0.4, -0.2) is 20.7 Å². The van der Waals surface area contributed by atoms with Crippen LogP contribution in [0.4, 0.5) is 0 Å². The van der Waals surface area contributed by atoms with E-state index in [-0.39, 0.29) is 16.7 Å². The van der Waals surface area contributed by atoms with Crippen LogP contribution in [0.25, 0.3) is 0 Å². The molecule has 0 fully saturated rings. The minimum Gasteiger partial charge on any atom is -0.467 e. The number of nitrogens with one attached hydrogen (secondary N) is 1. The molecule has 0 radical (unpaired) electrons. The van der Waals surface area contributed by atoms with E-state index < -0.39 is 0 Å². The Morgan fingerprint density at radius 2 is 2.00 bits per heavy atom. The molecule has 0 bridgehead atoms. The summed E-state index contributed by atoms with van der Waals surface area (Å²) in [6.45, 7) is 4.30. The fourth-order valence-corrected chi connectivity index (χ4v) is 4.46. The number of hydrogen-bond acceptors (Lipinski definition) is 5. The number of aryl methyl sites for hydroxylation is 1. The zero-order valence-corrected chi connectivity index (χ0v) is 19.1. The topological polar surface area (TPSA) is 77.1 Å². The van der Waals surface area contributed by atoms with Crippen molar-refractivity contribution in [2.24, 2.45) is 7.05 Å². The minimum absolute atomic E-state index is 0.0657. The number of rotatable bonds is 10. The Kier molecular flexibility index (Phi) is 8.12. The van der Waals surface area contributed by atoms with Crippen molar-refractivity contribution in [1.29, 1.82) is 0 Å². The molecule has 0 spiro atoms. The molecule has 2 heterocycles. The van der Waals surface area contributed by atoms with Crippen molar-refractivity contribution in [2.75, 3.05) is 0 Å². The van der Waals surface area contributed by atoms with Crippen LogP contribution in [0.5, 0.6) is 0 Å². The smallest absolute Gasteiger partial charge is 0.257 e. The molecule has 0 saturated heterocycles. The molecule has 1 atom stereocenters. The van der Waals surface area contributed by atoms with Crippen molar-refractivity contribution in [1.82, 2.24) is 14.9 Å². The summed E-state index contributed by atoms with van der Waals surface area (Å²) >= 11 is 1.35. The Hall–Kier alpha value is -2.80. The minimum atomic E-state index is -0.326. The summed E-state index contributed by atoms with van der Waals surface area (Å²) in [6, 6.07) is 13.5. The molecule has 2 aromatic heterocycles. The largest absolute Gasteiger partial charge is 0.467 e.